The van der Waals surface area contributed by atoms with Crippen molar-refractivity contribution in [3.8, 4) is 11.1 Å². The van der Waals surface area contributed by atoms with E-state index in [1.54, 1.807) is 18.3 Å². The molecule has 0 atom stereocenters. The SMILES string of the molecule is CC(C)c1cc(Cl)ccc1-c1ccncc1F. The van der Waals surface area contributed by atoms with E-state index < -0.39 is 0 Å². The Labute approximate surface area is 105 Å². The molecule has 0 bridgehead atoms. The van der Waals surface area contributed by atoms with E-state index in [0.717, 1.165) is 11.1 Å². The van der Waals surface area contributed by atoms with Crippen molar-refractivity contribution in [2.75, 3.05) is 0 Å². The van der Waals surface area contributed by atoms with Crippen LogP contribution in [-0.2, 0) is 0 Å². The fourth-order valence-electron chi connectivity index (χ4n) is 1.85. The quantitative estimate of drug-likeness (QED) is 0.754. The fraction of sp³-hybridized carbons (Fsp3) is 0.214. The van der Waals surface area contributed by atoms with Crippen LogP contribution in [0, 0.1) is 5.82 Å². The molecule has 2 rings (SSSR count). The van der Waals surface area contributed by atoms with Crippen LogP contribution in [0.2, 0.25) is 5.02 Å². The van der Waals surface area contributed by atoms with Gasteiger partial charge in [-0.15, -0.1) is 0 Å². The molecule has 88 valence electrons. The summed E-state index contributed by atoms with van der Waals surface area (Å²) in [6.07, 6.45) is 2.82. The molecule has 0 aliphatic heterocycles. The zero-order valence-corrected chi connectivity index (χ0v) is 10.5. The van der Waals surface area contributed by atoms with Crippen LogP contribution in [0.5, 0.6) is 0 Å². The van der Waals surface area contributed by atoms with E-state index in [1.807, 2.05) is 12.1 Å². The summed E-state index contributed by atoms with van der Waals surface area (Å²) in [5, 5.41) is 0.673. The van der Waals surface area contributed by atoms with Crippen molar-refractivity contribution in [2.24, 2.45) is 0 Å². The van der Waals surface area contributed by atoms with Crippen molar-refractivity contribution >= 4 is 11.6 Å². The molecule has 0 saturated carbocycles. The molecule has 1 nitrogen and oxygen atoms in total. The lowest BCUT2D eigenvalue weighted by molar-refractivity contribution is 0.624. The van der Waals surface area contributed by atoms with Crippen LogP contribution < -0.4 is 0 Å². The van der Waals surface area contributed by atoms with E-state index in [9.17, 15) is 4.39 Å². The van der Waals surface area contributed by atoms with Gasteiger partial charge in [0.1, 0.15) is 5.82 Å². The minimum absolute atomic E-state index is 0.288. The maximum atomic E-state index is 13.7. The Morgan fingerprint density at radius 1 is 1.18 bits per heavy atom. The van der Waals surface area contributed by atoms with E-state index >= 15 is 0 Å². The van der Waals surface area contributed by atoms with Crippen LogP contribution in [0.3, 0.4) is 0 Å². The predicted octanol–water partition coefficient (Wildman–Crippen LogP) is 4.66. The molecule has 1 aromatic carbocycles. The first kappa shape index (κ1) is 12.1. The molecule has 0 fully saturated rings. The highest BCUT2D eigenvalue weighted by molar-refractivity contribution is 6.30. The topological polar surface area (TPSA) is 12.9 Å². The predicted molar refractivity (Wildman–Crippen MR) is 68.7 cm³/mol. The Kier molecular flexibility index (Phi) is 3.43. The summed E-state index contributed by atoms with van der Waals surface area (Å²) in [7, 11) is 0. The van der Waals surface area contributed by atoms with Crippen molar-refractivity contribution in [2.45, 2.75) is 19.8 Å². The number of nitrogens with zero attached hydrogens (tertiary/aromatic N) is 1. The van der Waals surface area contributed by atoms with Crippen LogP contribution in [0.1, 0.15) is 25.3 Å². The first-order chi connectivity index (χ1) is 8.09. The average Bonchev–Trinajstić information content (AvgIpc) is 2.30. The lowest BCUT2D eigenvalue weighted by Gasteiger charge is -2.13. The van der Waals surface area contributed by atoms with E-state index in [2.05, 4.69) is 18.8 Å². The molecule has 0 N–H and O–H groups in total. The van der Waals surface area contributed by atoms with Gasteiger partial charge in [0.05, 0.1) is 6.20 Å². The van der Waals surface area contributed by atoms with Gasteiger partial charge < -0.3 is 0 Å². The van der Waals surface area contributed by atoms with Crippen LogP contribution in [-0.4, -0.2) is 4.98 Å². The molecule has 0 spiro atoms. The number of rotatable bonds is 2. The molecule has 0 aliphatic carbocycles. The highest BCUT2D eigenvalue weighted by Gasteiger charge is 2.12. The molecule has 1 aromatic heterocycles. The Morgan fingerprint density at radius 2 is 1.94 bits per heavy atom. The zero-order valence-electron chi connectivity index (χ0n) is 9.74. The number of hydrogen-bond acceptors (Lipinski definition) is 1. The third kappa shape index (κ3) is 2.47. The van der Waals surface area contributed by atoms with Crippen LogP contribution in [0.15, 0.2) is 36.7 Å². The molecule has 17 heavy (non-hydrogen) atoms. The third-order valence-electron chi connectivity index (χ3n) is 2.70. The minimum atomic E-state index is -0.309. The summed E-state index contributed by atoms with van der Waals surface area (Å²) in [5.74, 6) is -0.0204. The van der Waals surface area contributed by atoms with E-state index in [0.29, 0.717) is 10.6 Å². The van der Waals surface area contributed by atoms with Gasteiger partial charge in [-0.05, 0) is 35.2 Å². The van der Waals surface area contributed by atoms with Crippen LogP contribution in [0.4, 0.5) is 4.39 Å². The number of benzene rings is 1. The van der Waals surface area contributed by atoms with Crippen LogP contribution in [0.25, 0.3) is 11.1 Å². The lowest BCUT2D eigenvalue weighted by atomic mass is 9.93. The monoisotopic (exact) mass is 249 g/mol. The van der Waals surface area contributed by atoms with Gasteiger partial charge in [-0.1, -0.05) is 31.5 Å². The Morgan fingerprint density at radius 3 is 2.59 bits per heavy atom. The summed E-state index contributed by atoms with van der Waals surface area (Å²) in [4.78, 5) is 3.76. The van der Waals surface area contributed by atoms with Gasteiger partial charge in [-0.25, -0.2) is 4.39 Å². The highest BCUT2D eigenvalue weighted by Crippen LogP contribution is 2.32. The molecular formula is C14H13ClFN. The Balaban J connectivity index is 2.63. The largest absolute Gasteiger partial charge is 0.262 e. The molecule has 1 heterocycles. The molecule has 3 heteroatoms. The summed E-state index contributed by atoms with van der Waals surface area (Å²) >= 11 is 5.98. The molecule has 2 aromatic rings. The second-order valence-corrected chi connectivity index (χ2v) is 4.68. The molecule has 0 amide bonds. The number of aromatic nitrogens is 1. The number of hydrogen-bond donors (Lipinski definition) is 0. The average molecular weight is 250 g/mol. The van der Waals surface area contributed by atoms with Gasteiger partial charge in [0, 0.05) is 16.8 Å². The normalized spacial score (nSPS) is 10.9. The first-order valence-electron chi connectivity index (χ1n) is 5.49. The second-order valence-electron chi connectivity index (χ2n) is 4.24. The lowest BCUT2D eigenvalue weighted by Crippen LogP contribution is -1.94. The third-order valence-corrected chi connectivity index (χ3v) is 2.93. The van der Waals surface area contributed by atoms with Crippen molar-refractivity contribution in [1.82, 2.24) is 4.98 Å². The smallest absolute Gasteiger partial charge is 0.149 e. The molecule has 0 radical (unpaired) electrons. The Bertz CT molecular complexity index is 537. The summed E-state index contributed by atoms with van der Waals surface area (Å²) in [6, 6.07) is 7.21. The first-order valence-corrected chi connectivity index (χ1v) is 5.86. The van der Waals surface area contributed by atoms with Crippen molar-refractivity contribution in [1.29, 1.82) is 0 Å². The molecule has 0 aliphatic rings. The Hall–Kier alpha value is -1.41. The van der Waals surface area contributed by atoms with Crippen LogP contribution >= 0.6 is 11.6 Å². The van der Waals surface area contributed by atoms with Crippen molar-refractivity contribution in [3.63, 3.8) is 0 Å². The fourth-order valence-corrected chi connectivity index (χ4v) is 2.03. The second kappa shape index (κ2) is 4.84. The standard InChI is InChI=1S/C14H13ClFN/c1-9(2)13-7-10(15)3-4-11(13)12-5-6-17-8-14(12)16/h3-9H,1-2H3. The van der Waals surface area contributed by atoms with Gasteiger partial charge in [0.15, 0.2) is 0 Å². The summed E-state index contributed by atoms with van der Waals surface area (Å²) in [6.45, 7) is 4.13. The van der Waals surface area contributed by atoms with Gasteiger partial charge in [0.2, 0.25) is 0 Å². The maximum absolute atomic E-state index is 13.7. The highest BCUT2D eigenvalue weighted by atomic mass is 35.5. The zero-order chi connectivity index (χ0) is 12.4. The maximum Gasteiger partial charge on any atom is 0.149 e. The van der Waals surface area contributed by atoms with Gasteiger partial charge in [-0.2, -0.15) is 0 Å². The van der Waals surface area contributed by atoms with E-state index in [4.69, 9.17) is 11.6 Å². The molecular weight excluding hydrogens is 237 g/mol. The van der Waals surface area contributed by atoms with Gasteiger partial charge >= 0.3 is 0 Å². The molecule has 0 saturated heterocycles. The van der Waals surface area contributed by atoms with Gasteiger partial charge in [0.25, 0.3) is 0 Å². The van der Waals surface area contributed by atoms with E-state index in [1.165, 1.54) is 6.20 Å². The number of halogens is 2. The van der Waals surface area contributed by atoms with Crippen molar-refractivity contribution in [3.05, 3.63) is 53.1 Å². The minimum Gasteiger partial charge on any atom is -0.262 e. The van der Waals surface area contributed by atoms with E-state index in [-0.39, 0.29) is 11.7 Å². The van der Waals surface area contributed by atoms with Crippen molar-refractivity contribution < 1.29 is 4.39 Å². The summed E-state index contributed by atoms with van der Waals surface area (Å²) in [5.41, 5.74) is 2.49. The molecule has 0 unspecified atom stereocenters. The summed E-state index contributed by atoms with van der Waals surface area (Å²) < 4.78 is 13.7. The number of pyridine rings is 1. The van der Waals surface area contributed by atoms with Gasteiger partial charge in [-0.3, -0.25) is 4.98 Å².